The fourth-order valence-electron chi connectivity index (χ4n) is 2.38. The first kappa shape index (κ1) is 19.2. The van der Waals surface area contributed by atoms with Crippen molar-refractivity contribution in [3.63, 3.8) is 0 Å². The van der Waals surface area contributed by atoms with Crippen LogP contribution in [0.2, 0.25) is 0 Å². The van der Waals surface area contributed by atoms with E-state index in [0.29, 0.717) is 24.4 Å². The molecule has 0 aromatic heterocycles. The van der Waals surface area contributed by atoms with Crippen LogP contribution in [0.5, 0.6) is 5.75 Å². The van der Waals surface area contributed by atoms with Gasteiger partial charge in [-0.1, -0.05) is 24.8 Å². The Hall–Kier alpha value is -3.12. The zero-order valence-corrected chi connectivity index (χ0v) is 14.8. The number of anilines is 1. The first-order valence-corrected chi connectivity index (χ1v) is 8.19. The van der Waals surface area contributed by atoms with Crippen molar-refractivity contribution in [3.8, 4) is 5.75 Å². The molecule has 0 aliphatic rings. The summed E-state index contributed by atoms with van der Waals surface area (Å²) in [5.41, 5.74) is 7.30. The molecule has 0 saturated heterocycles. The van der Waals surface area contributed by atoms with Crippen LogP contribution in [0.3, 0.4) is 0 Å². The molecule has 0 saturated carbocycles. The van der Waals surface area contributed by atoms with E-state index in [2.05, 4.69) is 11.9 Å². The van der Waals surface area contributed by atoms with Crippen LogP contribution >= 0.6 is 0 Å². The molecule has 2 aromatic carbocycles. The van der Waals surface area contributed by atoms with Gasteiger partial charge in [-0.25, -0.2) is 0 Å². The fraction of sp³-hybridized carbons (Fsp3) is 0.200. The zero-order valence-electron chi connectivity index (χ0n) is 14.8. The Kier molecular flexibility index (Phi) is 6.93. The molecule has 2 aromatic rings. The van der Waals surface area contributed by atoms with Gasteiger partial charge in [-0.15, -0.1) is 0 Å². The molecular weight excluding hydrogens is 330 g/mol. The largest absolute Gasteiger partial charge is 0.490 e. The molecule has 6 heteroatoms. The van der Waals surface area contributed by atoms with Crippen molar-refractivity contribution in [2.45, 2.75) is 6.54 Å². The van der Waals surface area contributed by atoms with Gasteiger partial charge in [0.1, 0.15) is 12.4 Å². The number of benzene rings is 2. The van der Waals surface area contributed by atoms with Gasteiger partial charge >= 0.3 is 0 Å². The number of rotatable bonds is 9. The highest BCUT2D eigenvalue weighted by atomic mass is 16.5. The van der Waals surface area contributed by atoms with Crippen LogP contribution in [-0.2, 0) is 11.3 Å². The van der Waals surface area contributed by atoms with Crippen LogP contribution < -0.4 is 15.8 Å². The van der Waals surface area contributed by atoms with E-state index in [1.54, 1.807) is 30.3 Å². The summed E-state index contributed by atoms with van der Waals surface area (Å²) in [5.74, 6) is 0.155. The zero-order chi connectivity index (χ0) is 18.9. The Morgan fingerprint density at radius 1 is 1.15 bits per heavy atom. The van der Waals surface area contributed by atoms with Crippen LogP contribution in [0, 0.1) is 0 Å². The molecule has 0 radical (unpaired) electrons. The summed E-state index contributed by atoms with van der Waals surface area (Å²) in [5, 5.41) is 2.79. The van der Waals surface area contributed by atoms with E-state index in [1.807, 2.05) is 36.2 Å². The highest BCUT2D eigenvalue weighted by Crippen LogP contribution is 2.14. The van der Waals surface area contributed by atoms with Gasteiger partial charge in [-0.05, 0) is 49.0 Å². The van der Waals surface area contributed by atoms with E-state index in [9.17, 15) is 9.59 Å². The average Bonchev–Trinajstić information content (AvgIpc) is 2.61. The number of carbonyl (C=O) groups excluding carboxylic acids is 2. The molecular formula is C20H23N3O3. The van der Waals surface area contributed by atoms with Gasteiger partial charge in [0.15, 0.2) is 0 Å². The van der Waals surface area contributed by atoms with Gasteiger partial charge in [0.25, 0.3) is 0 Å². The number of hydrogen-bond donors (Lipinski definition) is 2. The maximum Gasteiger partial charge on any atom is 0.248 e. The number of nitrogens with zero attached hydrogens (tertiary/aromatic N) is 1. The molecule has 136 valence electrons. The number of carbonyl (C=O) groups is 2. The summed E-state index contributed by atoms with van der Waals surface area (Å²) in [7, 11) is 1.87. The summed E-state index contributed by atoms with van der Waals surface area (Å²) < 4.78 is 5.44. The third-order valence-corrected chi connectivity index (χ3v) is 3.61. The van der Waals surface area contributed by atoms with E-state index < -0.39 is 5.91 Å². The molecule has 26 heavy (non-hydrogen) atoms. The standard InChI is InChI=1S/C20H23N3O3/c1-3-12-26-18-10-4-15(5-11-18)13-23(2)14-19(24)22-17-8-6-16(7-9-17)20(21)25/h3-11H,1,12-14H2,2H3,(H2,21,25)(H,22,24). The molecule has 0 aliphatic heterocycles. The van der Waals surface area contributed by atoms with Crippen LogP contribution in [-0.4, -0.2) is 36.9 Å². The van der Waals surface area contributed by atoms with Crippen molar-refractivity contribution < 1.29 is 14.3 Å². The van der Waals surface area contributed by atoms with Crippen LogP contribution in [0.15, 0.2) is 61.2 Å². The summed E-state index contributed by atoms with van der Waals surface area (Å²) in [6, 6.07) is 14.2. The minimum absolute atomic E-state index is 0.134. The number of primary amides is 1. The molecule has 0 aliphatic carbocycles. The van der Waals surface area contributed by atoms with Gasteiger partial charge in [-0.2, -0.15) is 0 Å². The van der Waals surface area contributed by atoms with Crippen molar-refractivity contribution >= 4 is 17.5 Å². The molecule has 0 spiro atoms. The van der Waals surface area contributed by atoms with Crippen LogP contribution in [0.25, 0.3) is 0 Å². The number of hydrogen-bond acceptors (Lipinski definition) is 4. The molecule has 0 atom stereocenters. The van der Waals surface area contributed by atoms with Gasteiger partial charge in [0.2, 0.25) is 11.8 Å². The van der Waals surface area contributed by atoms with Crippen molar-refractivity contribution in [2.75, 3.05) is 25.5 Å². The van der Waals surface area contributed by atoms with Crippen molar-refractivity contribution in [2.24, 2.45) is 5.73 Å². The van der Waals surface area contributed by atoms with Gasteiger partial charge in [-0.3, -0.25) is 14.5 Å². The monoisotopic (exact) mass is 353 g/mol. The van der Waals surface area contributed by atoms with Crippen LogP contribution in [0.1, 0.15) is 15.9 Å². The van der Waals surface area contributed by atoms with Gasteiger partial charge in [0, 0.05) is 17.8 Å². The Labute approximate surface area is 153 Å². The predicted octanol–water partition coefficient (Wildman–Crippen LogP) is 2.42. The lowest BCUT2D eigenvalue weighted by atomic mass is 10.2. The van der Waals surface area contributed by atoms with E-state index in [4.69, 9.17) is 10.5 Å². The lowest BCUT2D eigenvalue weighted by Crippen LogP contribution is -2.29. The van der Waals surface area contributed by atoms with E-state index in [0.717, 1.165) is 11.3 Å². The Morgan fingerprint density at radius 3 is 2.38 bits per heavy atom. The Balaban J connectivity index is 1.82. The van der Waals surface area contributed by atoms with Crippen molar-refractivity contribution in [1.82, 2.24) is 4.90 Å². The number of nitrogens with two attached hydrogens (primary N) is 1. The SMILES string of the molecule is C=CCOc1ccc(CN(C)CC(=O)Nc2ccc(C(N)=O)cc2)cc1. The number of nitrogens with one attached hydrogen (secondary N) is 1. The normalized spacial score (nSPS) is 10.4. The quantitative estimate of drug-likeness (QED) is 0.678. The first-order chi connectivity index (χ1) is 12.5. The third-order valence-electron chi connectivity index (χ3n) is 3.61. The number of likely N-dealkylation sites (N-methyl/N-ethyl adjacent to an activating group) is 1. The van der Waals surface area contributed by atoms with Gasteiger partial charge < -0.3 is 15.8 Å². The molecule has 0 bridgehead atoms. The van der Waals surface area contributed by atoms with E-state index >= 15 is 0 Å². The van der Waals surface area contributed by atoms with Crippen molar-refractivity contribution in [3.05, 3.63) is 72.3 Å². The minimum atomic E-state index is -0.497. The lowest BCUT2D eigenvalue weighted by molar-refractivity contribution is -0.117. The smallest absolute Gasteiger partial charge is 0.248 e. The maximum atomic E-state index is 12.1. The number of ether oxygens (including phenoxy) is 1. The Bertz CT molecular complexity index is 755. The topological polar surface area (TPSA) is 84.7 Å². The average molecular weight is 353 g/mol. The predicted molar refractivity (Wildman–Crippen MR) is 102 cm³/mol. The molecule has 3 N–H and O–H groups in total. The summed E-state index contributed by atoms with van der Waals surface area (Å²) in [6.45, 7) is 4.96. The van der Waals surface area contributed by atoms with Crippen molar-refractivity contribution in [1.29, 1.82) is 0 Å². The summed E-state index contributed by atoms with van der Waals surface area (Å²) in [4.78, 5) is 25.1. The second kappa shape index (κ2) is 9.39. The lowest BCUT2D eigenvalue weighted by Gasteiger charge is -2.16. The fourth-order valence-corrected chi connectivity index (χ4v) is 2.38. The van der Waals surface area contributed by atoms with E-state index in [1.165, 1.54) is 0 Å². The molecule has 0 fully saturated rings. The summed E-state index contributed by atoms with van der Waals surface area (Å²) >= 11 is 0. The molecule has 0 unspecified atom stereocenters. The molecule has 2 amide bonds. The minimum Gasteiger partial charge on any atom is -0.490 e. The first-order valence-electron chi connectivity index (χ1n) is 8.19. The highest BCUT2D eigenvalue weighted by Gasteiger charge is 2.08. The maximum absolute atomic E-state index is 12.1. The van der Waals surface area contributed by atoms with Crippen LogP contribution in [0.4, 0.5) is 5.69 Å². The van der Waals surface area contributed by atoms with E-state index in [-0.39, 0.29) is 12.5 Å². The molecule has 6 nitrogen and oxygen atoms in total. The molecule has 0 heterocycles. The second-order valence-electron chi connectivity index (χ2n) is 5.91. The van der Waals surface area contributed by atoms with Gasteiger partial charge in [0.05, 0.1) is 6.54 Å². The second-order valence-corrected chi connectivity index (χ2v) is 5.91. The highest BCUT2D eigenvalue weighted by molar-refractivity contribution is 5.95. The third kappa shape index (κ3) is 6.07. The molecule has 2 rings (SSSR count). The summed E-state index contributed by atoms with van der Waals surface area (Å²) in [6.07, 6.45) is 1.70. The number of amides is 2. The Morgan fingerprint density at radius 2 is 1.81 bits per heavy atom.